The molecule has 10 nitrogen and oxygen atoms in total. The number of nitrogens with one attached hydrogen (secondary N) is 2. The number of nitrogens with zero attached hydrogens (tertiary/aromatic N) is 3. The third-order valence-electron chi connectivity index (χ3n) is 5.38. The van der Waals surface area contributed by atoms with Crippen LogP contribution in [0.1, 0.15) is 22.6 Å². The number of ether oxygens (including phenoxy) is 2. The van der Waals surface area contributed by atoms with Gasteiger partial charge < -0.3 is 29.8 Å². The highest BCUT2D eigenvalue weighted by atomic mass is 35.5. The number of aromatic amines is 1. The van der Waals surface area contributed by atoms with Crippen molar-refractivity contribution in [3.8, 4) is 22.2 Å². The minimum absolute atomic E-state index is 0.00715. The molecule has 35 heavy (non-hydrogen) atoms. The fourth-order valence-electron chi connectivity index (χ4n) is 3.62. The van der Waals surface area contributed by atoms with E-state index in [1.54, 1.807) is 24.0 Å². The van der Waals surface area contributed by atoms with Gasteiger partial charge in [-0.3, -0.25) is 9.78 Å². The molecule has 0 aliphatic carbocycles. The lowest BCUT2D eigenvalue weighted by molar-refractivity contribution is 0.0894. The molecule has 3 aromatic rings. The highest BCUT2D eigenvalue weighted by Crippen LogP contribution is 2.40. The van der Waals surface area contributed by atoms with Crippen LogP contribution < -0.4 is 19.7 Å². The second-order valence-corrected chi connectivity index (χ2v) is 9.36. The normalized spacial score (nSPS) is 17.8. The second kappa shape index (κ2) is 10.3. The number of alkyl halides is 1. The van der Waals surface area contributed by atoms with Crippen molar-refractivity contribution in [3.63, 3.8) is 0 Å². The van der Waals surface area contributed by atoms with Crippen LogP contribution in [0.5, 0.6) is 10.8 Å². The summed E-state index contributed by atoms with van der Waals surface area (Å²) in [4.78, 5) is 36.9. The minimum atomic E-state index is -1.51. The van der Waals surface area contributed by atoms with Crippen LogP contribution >= 0.6 is 34.5 Å². The number of anilines is 1. The summed E-state index contributed by atoms with van der Waals surface area (Å²) >= 11 is 13.1. The van der Waals surface area contributed by atoms with Gasteiger partial charge in [0.05, 0.1) is 35.4 Å². The molecule has 2 atom stereocenters. The number of methoxy groups -OCH3 is 1. The Balaban J connectivity index is 1.50. The Hall–Kier alpha value is -3.09. The zero-order valence-electron chi connectivity index (χ0n) is 18.5. The maximum atomic E-state index is 15.1. The minimum Gasteiger partial charge on any atom is -0.497 e. The van der Waals surface area contributed by atoms with Crippen LogP contribution in [0.4, 0.5) is 14.3 Å². The van der Waals surface area contributed by atoms with Gasteiger partial charge in [0.15, 0.2) is 5.13 Å². The van der Waals surface area contributed by atoms with Gasteiger partial charge in [0.2, 0.25) is 5.06 Å². The van der Waals surface area contributed by atoms with E-state index in [1.165, 1.54) is 13.3 Å². The van der Waals surface area contributed by atoms with Crippen molar-refractivity contribution in [1.82, 2.24) is 20.3 Å². The first-order valence-corrected chi connectivity index (χ1v) is 11.9. The van der Waals surface area contributed by atoms with Crippen molar-refractivity contribution in [2.75, 3.05) is 25.1 Å². The molecular formula is C21H20Cl2FN5O5S. The summed E-state index contributed by atoms with van der Waals surface area (Å²) in [6.45, 7) is 1.95. The van der Waals surface area contributed by atoms with Gasteiger partial charge in [0.25, 0.3) is 5.91 Å². The summed E-state index contributed by atoms with van der Waals surface area (Å²) in [6, 6.07) is 2.47. The number of aromatic nitrogens is 3. The largest absolute Gasteiger partial charge is 0.512 e. The molecule has 186 valence electrons. The quantitative estimate of drug-likeness (QED) is 0.385. The van der Waals surface area contributed by atoms with Crippen molar-refractivity contribution >= 4 is 51.7 Å². The van der Waals surface area contributed by atoms with Gasteiger partial charge in [0, 0.05) is 24.5 Å². The first-order chi connectivity index (χ1) is 16.7. The second-order valence-electron chi connectivity index (χ2n) is 7.66. The van der Waals surface area contributed by atoms with Gasteiger partial charge in [-0.1, -0.05) is 34.5 Å². The molecular weight excluding hydrogens is 524 g/mol. The Bertz CT molecular complexity index is 1270. The van der Waals surface area contributed by atoms with Gasteiger partial charge in [-0.2, -0.15) is 0 Å². The summed E-state index contributed by atoms with van der Waals surface area (Å²) in [6.07, 6.45) is -1.16. The fraction of sp³-hybridized carbons (Fsp3) is 0.333. The van der Waals surface area contributed by atoms with E-state index in [1.807, 2.05) is 0 Å². The Labute approximate surface area is 213 Å². The van der Waals surface area contributed by atoms with E-state index >= 15 is 4.39 Å². The Morgan fingerprint density at radius 1 is 1.37 bits per heavy atom. The van der Waals surface area contributed by atoms with Crippen molar-refractivity contribution < 1.29 is 28.6 Å². The van der Waals surface area contributed by atoms with Crippen molar-refractivity contribution in [2.24, 2.45) is 0 Å². The molecule has 0 saturated carbocycles. The number of H-pyrrole nitrogens is 1. The van der Waals surface area contributed by atoms with E-state index in [0.717, 1.165) is 11.3 Å². The molecule has 0 unspecified atom stereocenters. The zero-order chi connectivity index (χ0) is 25.3. The van der Waals surface area contributed by atoms with E-state index in [0.29, 0.717) is 28.8 Å². The van der Waals surface area contributed by atoms with Crippen molar-refractivity contribution in [3.05, 3.63) is 39.8 Å². The molecule has 0 bridgehead atoms. The van der Waals surface area contributed by atoms with Gasteiger partial charge >= 0.3 is 6.16 Å². The number of piperidine rings is 1. The number of pyridine rings is 1. The Morgan fingerprint density at radius 3 is 2.77 bits per heavy atom. The summed E-state index contributed by atoms with van der Waals surface area (Å²) in [5.74, 6) is -0.0475. The summed E-state index contributed by atoms with van der Waals surface area (Å²) in [7, 11) is 1.49. The topological polar surface area (TPSA) is 130 Å². The molecule has 4 rings (SSSR count). The number of thiazole rings is 1. The van der Waals surface area contributed by atoms with E-state index in [4.69, 9.17) is 37.8 Å². The van der Waals surface area contributed by atoms with Gasteiger partial charge in [-0.25, -0.2) is 14.2 Å². The highest BCUT2D eigenvalue weighted by molar-refractivity contribution is 7.18. The van der Waals surface area contributed by atoms with Gasteiger partial charge in [-0.15, -0.1) is 0 Å². The van der Waals surface area contributed by atoms with E-state index in [-0.39, 0.29) is 39.5 Å². The maximum absolute atomic E-state index is 15.1. The maximum Gasteiger partial charge on any atom is 0.512 e. The van der Waals surface area contributed by atoms with E-state index in [9.17, 15) is 9.59 Å². The first-order valence-electron chi connectivity index (χ1n) is 10.3. The van der Waals surface area contributed by atoms with Gasteiger partial charge in [0.1, 0.15) is 23.3 Å². The first kappa shape index (κ1) is 25.0. The number of hydrogen-bond acceptors (Lipinski definition) is 8. The molecule has 3 aromatic heterocycles. The molecule has 0 spiro atoms. The zero-order valence-corrected chi connectivity index (χ0v) is 20.8. The Kier molecular flexibility index (Phi) is 7.33. The molecule has 14 heteroatoms. The number of amides is 1. The smallest absolute Gasteiger partial charge is 0.497 e. The monoisotopic (exact) mass is 543 g/mol. The van der Waals surface area contributed by atoms with Crippen molar-refractivity contribution in [2.45, 2.75) is 25.6 Å². The van der Waals surface area contributed by atoms with Crippen LogP contribution in [0.15, 0.2) is 18.3 Å². The molecule has 1 amide bonds. The average molecular weight is 544 g/mol. The third-order valence-corrected chi connectivity index (χ3v) is 7.33. The van der Waals surface area contributed by atoms with Crippen LogP contribution in [-0.2, 0) is 0 Å². The standard InChI is InChI=1S/C21H20Cl2FN5O5S/c1-9-14(22)15(23)17(26-9)18(30)27-12-4-6-29(8-11(12)24)20-28-16(19(35-20)34-21(31)32)13-7-10(33-2)3-5-25-13/h3,5,7,11-12,26H,4,6,8H2,1-2H3,(H,27,30)(H,31,32)/t11-,12+/m0/s1. The van der Waals surface area contributed by atoms with Crippen LogP contribution in [0.3, 0.4) is 0 Å². The highest BCUT2D eigenvalue weighted by Gasteiger charge is 2.34. The van der Waals surface area contributed by atoms with Crippen LogP contribution in [0.2, 0.25) is 10.0 Å². The van der Waals surface area contributed by atoms with Gasteiger partial charge in [-0.05, 0) is 19.4 Å². The van der Waals surface area contributed by atoms with Crippen LogP contribution in [-0.4, -0.2) is 64.5 Å². The number of hydrogen-bond donors (Lipinski definition) is 3. The Morgan fingerprint density at radius 2 is 2.14 bits per heavy atom. The lowest BCUT2D eigenvalue weighted by atomic mass is 10.0. The predicted molar refractivity (Wildman–Crippen MR) is 129 cm³/mol. The number of halogens is 3. The number of aryl methyl sites for hydroxylation is 1. The molecule has 1 saturated heterocycles. The molecule has 4 heterocycles. The third kappa shape index (κ3) is 5.29. The molecule has 1 fully saturated rings. The SMILES string of the molecule is COc1ccnc(-c2nc(N3CC[C@@H](NC(=O)c4[nH]c(C)c(Cl)c4Cl)[C@@H](F)C3)sc2OC(=O)O)c1. The lowest BCUT2D eigenvalue weighted by Crippen LogP contribution is -2.52. The van der Waals surface area contributed by atoms with E-state index in [2.05, 4.69) is 20.3 Å². The number of rotatable bonds is 6. The summed E-state index contributed by atoms with van der Waals surface area (Å²) < 4.78 is 25.2. The fourth-order valence-corrected chi connectivity index (χ4v) is 4.99. The molecule has 0 radical (unpaired) electrons. The number of carbonyl (C=O) groups excluding carboxylic acids is 1. The summed E-state index contributed by atoms with van der Waals surface area (Å²) in [5, 5.41) is 12.5. The lowest BCUT2D eigenvalue weighted by Gasteiger charge is -2.34. The predicted octanol–water partition coefficient (Wildman–Crippen LogP) is 4.56. The number of carbonyl (C=O) groups is 2. The number of carboxylic acid groups (broad SMARTS) is 1. The molecule has 1 aliphatic heterocycles. The van der Waals surface area contributed by atoms with Crippen LogP contribution in [0, 0.1) is 6.92 Å². The average Bonchev–Trinajstić information content (AvgIpc) is 3.36. The molecule has 0 aromatic carbocycles. The summed E-state index contributed by atoms with van der Waals surface area (Å²) in [5.41, 5.74) is 1.16. The van der Waals surface area contributed by atoms with Crippen molar-refractivity contribution in [1.29, 1.82) is 0 Å². The molecule has 1 aliphatic rings. The van der Waals surface area contributed by atoms with Crippen LogP contribution in [0.25, 0.3) is 11.4 Å². The molecule has 3 N–H and O–H groups in total. The van der Waals surface area contributed by atoms with E-state index < -0.39 is 24.3 Å².